The molecule has 110 valence electrons. The number of fused-ring (bicyclic) bond motifs is 1. The molecule has 0 fully saturated rings. The van der Waals surface area contributed by atoms with Crippen molar-refractivity contribution in [1.29, 1.82) is 0 Å². The molecule has 0 bridgehead atoms. The van der Waals surface area contributed by atoms with Crippen LogP contribution in [0.2, 0.25) is 5.02 Å². The molecule has 0 radical (unpaired) electrons. The van der Waals surface area contributed by atoms with Crippen molar-refractivity contribution in [1.82, 2.24) is 9.47 Å². The molecule has 2 heterocycles. The number of benzene rings is 1. The van der Waals surface area contributed by atoms with Crippen LogP contribution in [0.1, 0.15) is 24.2 Å². The summed E-state index contributed by atoms with van der Waals surface area (Å²) < 4.78 is 1.94. The highest BCUT2D eigenvalue weighted by Crippen LogP contribution is 2.29. The summed E-state index contributed by atoms with van der Waals surface area (Å²) in [6.45, 7) is 4.39. The number of aromatic hydroxyl groups is 1. The topological polar surface area (TPSA) is 45.5 Å². The van der Waals surface area contributed by atoms with Gasteiger partial charge in [-0.25, -0.2) is 0 Å². The molecule has 3 rings (SSSR count). The fourth-order valence-electron chi connectivity index (χ4n) is 2.81. The van der Waals surface area contributed by atoms with Gasteiger partial charge in [0.25, 0.3) is 0 Å². The zero-order chi connectivity index (χ0) is 15.0. The molecule has 1 atom stereocenters. The molecule has 0 saturated carbocycles. The highest BCUT2D eigenvalue weighted by atomic mass is 35.5. The van der Waals surface area contributed by atoms with Crippen molar-refractivity contribution < 1.29 is 5.11 Å². The maximum absolute atomic E-state index is 11.6. The number of halogens is 1. The number of rotatable bonds is 2. The first kappa shape index (κ1) is 14.2. The molecule has 1 aliphatic heterocycles. The maximum atomic E-state index is 11.6. The standard InChI is InChI=1S/C16H17ClN2O2/c1-11(13-4-2-3-5-14(13)17)18-6-7-19-10-16(21)15(20)8-12(19)9-18/h2-5,8,10-11,21H,6-7,9H2,1H3. The van der Waals surface area contributed by atoms with Gasteiger partial charge in [0.05, 0.1) is 6.20 Å². The Bertz CT molecular complexity index is 726. The lowest BCUT2D eigenvalue weighted by Crippen LogP contribution is -2.36. The van der Waals surface area contributed by atoms with Gasteiger partial charge in [-0.3, -0.25) is 9.69 Å². The van der Waals surface area contributed by atoms with Crippen molar-refractivity contribution in [3.8, 4) is 5.75 Å². The predicted octanol–water partition coefficient (Wildman–Crippen LogP) is 2.78. The van der Waals surface area contributed by atoms with E-state index >= 15 is 0 Å². The molecule has 1 aromatic heterocycles. The van der Waals surface area contributed by atoms with E-state index in [1.54, 1.807) is 0 Å². The summed E-state index contributed by atoms with van der Waals surface area (Å²) in [4.78, 5) is 13.9. The summed E-state index contributed by atoms with van der Waals surface area (Å²) >= 11 is 6.27. The van der Waals surface area contributed by atoms with E-state index in [2.05, 4.69) is 11.8 Å². The zero-order valence-corrected chi connectivity index (χ0v) is 12.5. The Balaban J connectivity index is 1.88. The maximum Gasteiger partial charge on any atom is 0.223 e. The Hall–Kier alpha value is -1.78. The Morgan fingerprint density at radius 2 is 2.05 bits per heavy atom. The molecule has 21 heavy (non-hydrogen) atoms. The minimum atomic E-state index is -0.325. The van der Waals surface area contributed by atoms with Crippen molar-refractivity contribution in [2.24, 2.45) is 0 Å². The lowest BCUT2D eigenvalue weighted by atomic mass is 10.1. The molecule has 1 aliphatic rings. The third-order valence-corrected chi connectivity index (χ3v) is 4.44. The van der Waals surface area contributed by atoms with Crippen molar-refractivity contribution in [2.45, 2.75) is 26.1 Å². The fourth-order valence-corrected chi connectivity index (χ4v) is 3.11. The average Bonchev–Trinajstić information content (AvgIpc) is 2.48. The highest BCUT2D eigenvalue weighted by molar-refractivity contribution is 6.31. The molecular formula is C16H17ClN2O2. The van der Waals surface area contributed by atoms with E-state index < -0.39 is 0 Å². The smallest absolute Gasteiger partial charge is 0.223 e. The third kappa shape index (κ3) is 2.69. The van der Waals surface area contributed by atoms with Crippen molar-refractivity contribution in [3.05, 3.63) is 63.0 Å². The molecule has 4 nitrogen and oxygen atoms in total. The molecular weight excluding hydrogens is 288 g/mol. The number of nitrogens with zero attached hydrogens (tertiary/aromatic N) is 2. The zero-order valence-electron chi connectivity index (χ0n) is 11.8. The molecule has 0 saturated heterocycles. The first-order valence-corrected chi connectivity index (χ1v) is 7.35. The SMILES string of the molecule is CC(c1ccccc1Cl)N1CCn2cc(O)c(=O)cc2C1. The molecule has 1 aromatic carbocycles. The lowest BCUT2D eigenvalue weighted by Gasteiger charge is -2.35. The van der Waals surface area contributed by atoms with Gasteiger partial charge in [0.2, 0.25) is 5.43 Å². The number of aromatic nitrogens is 1. The van der Waals surface area contributed by atoms with E-state index in [0.29, 0.717) is 6.54 Å². The van der Waals surface area contributed by atoms with Crippen LogP contribution in [-0.2, 0) is 13.1 Å². The second-order valence-electron chi connectivity index (χ2n) is 5.38. The third-order valence-electron chi connectivity index (χ3n) is 4.09. The van der Waals surface area contributed by atoms with Gasteiger partial charge in [-0.1, -0.05) is 29.8 Å². The summed E-state index contributed by atoms with van der Waals surface area (Å²) in [5.41, 5.74) is 1.69. The molecule has 0 aliphatic carbocycles. The Labute approximate surface area is 128 Å². The van der Waals surface area contributed by atoms with Gasteiger partial charge in [0, 0.05) is 42.5 Å². The van der Waals surface area contributed by atoms with Crippen LogP contribution in [0.4, 0.5) is 0 Å². The van der Waals surface area contributed by atoms with Gasteiger partial charge in [0.1, 0.15) is 0 Å². The van der Waals surface area contributed by atoms with Gasteiger partial charge < -0.3 is 9.67 Å². The van der Waals surface area contributed by atoms with Crippen LogP contribution in [0.25, 0.3) is 0 Å². The van der Waals surface area contributed by atoms with Crippen molar-refractivity contribution in [2.75, 3.05) is 6.54 Å². The summed E-state index contributed by atoms with van der Waals surface area (Å²) in [6, 6.07) is 9.53. The van der Waals surface area contributed by atoms with Gasteiger partial charge in [-0.05, 0) is 18.6 Å². The van der Waals surface area contributed by atoms with Gasteiger partial charge >= 0.3 is 0 Å². The number of hydrogen-bond acceptors (Lipinski definition) is 3. The molecule has 1 N–H and O–H groups in total. The minimum absolute atomic E-state index is 0.177. The van der Waals surface area contributed by atoms with E-state index in [-0.39, 0.29) is 17.2 Å². The Morgan fingerprint density at radius 1 is 1.29 bits per heavy atom. The quantitative estimate of drug-likeness (QED) is 0.928. The summed E-state index contributed by atoms with van der Waals surface area (Å²) in [5, 5.41) is 10.3. The van der Waals surface area contributed by atoms with Crippen LogP contribution in [0.15, 0.2) is 41.3 Å². The van der Waals surface area contributed by atoms with Crippen LogP contribution in [0, 0.1) is 0 Å². The van der Waals surface area contributed by atoms with E-state index in [1.165, 1.54) is 12.3 Å². The Kier molecular flexibility index (Phi) is 3.74. The minimum Gasteiger partial charge on any atom is -0.503 e. The summed E-state index contributed by atoms with van der Waals surface area (Å²) in [7, 11) is 0. The van der Waals surface area contributed by atoms with Gasteiger partial charge in [-0.15, -0.1) is 0 Å². The van der Waals surface area contributed by atoms with E-state index in [9.17, 15) is 9.90 Å². The fraction of sp³-hybridized carbons (Fsp3) is 0.312. The first-order chi connectivity index (χ1) is 10.1. The second-order valence-corrected chi connectivity index (χ2v) is 5.78. The molecule has 0 amide bonds. The lowest BCUT2D eigenvalue weighted by molar-refractivity contribution is 0.165. The van der Waals surface area contributed by atoms with E-state index in [1.807, 2.05) is 28.8 Å². The number of hydrogen-bond donors (Lipinski definition) is 1. The van der Waals surface area contributed by atoms with Crippen LogP contribution < -0.4 is 5.43 Å². The number of pyridine rings is 1. The van der Waals surface area contributed by atoms with E-state index in [4.69, 9.17) is 11.6 Å². The van der Waals surface area contributed by atoms with Gasteiger partial charge in [0.15, 0.2) is 5.75 Å². The Morgan fingerprint density at radius 3 is 2.81 bits per heavy atom. The summed E-state index contributed by atoms with van der Waals surface area (Å²) in [6.07, 6.45) is 1.52. The van der Waals surface area contributed by atoms with E-state index in [0.717, 1.165) is 29.4 Å². The predicted molar refractivity (Wildman–Crippen MR) is 82.6 cm³/mol. The van der Waals surface area contributed by atoms with Gasteiger partial charge in [-0.2, -0.15) is 0 Å². The molecule has 0 spiro atoms. The van der Waals surface area contributed by atoms with Crippen molar-refractivity contribution >= 4 is 11.6 Å². The van der Waals surface area contributed by atoms with Crippen LogP contribution >= 0.6 is 11.6 Å². The largest absolute Gasteiger partial charge is 0.503 e. The molecule has 2 aromatic rings. The second kappa shape index (κ2) is 5.54. The highest BCUT2D eigenvalue weighted by Gasteiger charge is 2.23. The monoisotopic (exact) mass is 304 g/mol. The molecule has 1 unspecified atom stereocenters. The molecule has 5 heteroatoms. The average molecular weight is 305 g/mol. The summed E-state index contributed by atoms with van der Waals surface area (Å²) in [5.74, 6) is -0.189. The van der Waals surface area contributed by atoms with Crippen LogP contribution in [0.5, 0.6) is 5.75 Å². The first-order valence-electron chi connectivity index (χ1n) is 6.97. The van der Waals surface area contributed by atoms with Crippen LogP contribution in [0.3, 0.4) is 0 Å². The van der Waals surface area contributed by atoms with Crippen molar-refractivity contribution in [3.63, 3.8) is 0 Å². The van der Waals surface area contributed by atoms with Crippen LogP contribution in [-0.4, -0.2) is 21.1 Å². The normalized spacial score (nSPS) is 16.5.